The standard InChI is InChI=1S/C10H9BrN2.2ClH/c11-8-2-4-10-7(5-8)1-3-9(6-12)13-10;;/h1-5H,6,12H2;2*1H. The third-order valence-electron chi connectivity index (χ3n) is 1.92. The second-order valence-electron chi connectivity index (χ2n) is 2.84. The van der Waals surface area contributed by atoms with Gasteiger partial charge in [-0.2, -0.15) is 0 Å². The third kappa shape index (κ3) is 3.31. The van der Waals surface area contributed by atoms with Gasteiger partial charge in [-0.3, -0.25) is 4.98 Å². The quantitative estimate of drug-likeness (QED) is 0.878. The number of nitrogens with zero attached hydrogens (tertiary/aromatic N) is 1. The van der Waals surface area contributed by atoms with Crippen LogP contribution in [-0.2, 0) is 6.54 Å². The Morgan fingerprint density at radius 2 is 1.87 bits per heavy atom. The normalized spacial score (nSPS) is 9.20. The summed E-state index contributed by atoms with van der Waals surface area (Å²) in [7, 11) is 0. The molecule has 1 heterocycles. The van der Waals surface area contributed by atoms with Crippen molar-refractivity contribution in [2.24, 2.45) is 5.73 Å². The molecule has 0 radical (unpaired) electrons. The Morgan fingerprint density at radius 1 is 1.13 bits per heavy atom. The van der Waals surface area contributed by atoms with Crippen LogP contribution >= 0.6 is 40.7 Å². The van der Waals surface area contributed by atoms with Crippen molar-refractivity contribution in [1.82, 2.24) is 4.98 Å². The first-order valence-corrected chi connectivity index (χ1v) is 4.84. The van der Waals surface area contributed by atoms with Crippen molar-refractivity contribution in [3.63, 3.8) is 0 Å². The summed E-state index contributed by atoms with van der Waals surface area (Å²) < 4.78 is 1.07. The van der Waals surface area contributed by atoms with Crippen molar-refractivity contribution < 1.29 is 0 Å². The largest absolute Gasteiger partial charge is 0.325 e. The highest BCUT2D eigenvalue weighted by atomic mass is 79.9. The number of hydrogen-bond donors (Lipinski definition) is 1. The lowest BCUT2D eigenvalue weighted by Gasteiger charge is -2.00. The molecule has 2 nitrogen and oxygen atoms in total. The number of halogens is 3. The summed E-state index contributed by atoms with van der Waals surface area (Å²) in [4.78, 5) is 4.39. The van der Waals surface area contributed by atoms with E-state index in [4.69, 9.17) is 5.73 Å². The molecule has 0 aliphatic rings. The van der Waals surface area contributed by atoms with Gasteiger partial charge in [0.05, 0.1) is 11.2 Å². The van der Waals surface area contributed by atoms with Crippen molar-refractivity contribution in [3.8, 4) is 0 Å². The van der Waals surface area contributed by atoms with Crippen molar-refractivity contribution in [3.05, 3.63) is 40.5 Å². The molecule has 0 atom stereocenters. The Kier molecular flexibility index (Phi) is 6.13. The highest BCUT2D eigenvalue weighted by Crippen LogP contribution is 2.18. The van der Waals surface area contributed by atoms with E-state index < -0.39 is 0 Å². The number of hydrogen-bond acceptors (Lipinski definition) is 2. The Labute approximate surface area is 109 Å². The van der Waals surface area contributed by atoms with E-state index in [9.17, 15) is 0 Å². The highest BCUT2D eigenvalue weighted by molar-refractivity contribution is 9.10. The van der Waals surface area contributed by atoms with E-state index in [2.05, 4.69) is 20.9 Å². The van der Waals surface area contributed by atoms with E-state index in [0.717, 1.165) is 21.1 Å². The minimum absolute atomic E-state index is 0. The fourth-order valence-electron chi connectivity index (χ4n) is 1.25. The molecule has 0 saturated heterocycles. The first kappa shape index (κ1) is 14.6. The summed E-state index contributed by atoms with van der Waals surface area (Å²) >= 11 is 3.42. The molecule has 1 aromatic carbocycles. The number of pyridine rings is 1. The average molecular weight is 310 g/mol. The molecule has 0 saturated carbocycles. The van der Waals surface area contributed by atoms with Crippen LogP contribution in [0.4, 0.5) is 0 Å². The van der Waals surface area contributed by atoms with Crippen LogP contribution in [0.3, 0.4) is 0 Å². The minimum Gasteiger partial charge on any atom is -0.325 e. The predicted molar refractivity (Wildman–Crippen MR) is 71.8 cm³/mol. The van der Waals surface area contributed by atoms with Gasteiger partial charge in [-0.1, -0.05) is 22.0 Å². The summed E-state index contributed by atoms with van der Waals surface area (Å²) in [6, 6.07) is 10.0. The van der Waals surface area contributed by atoms with Gasteiger partial charge in [0.15, 0.2) is 0 Å². The van der Waals surface area contributed by atoms with Gasteiger partial charge < -0.3 is 5.73 Å². The molecule has 1 aromatic heterocycles. The molecule has 0 amide bonds. The molecule has 2 N–H and O–H groups in total. The molecule has 5 heteroatoms. The van der Waals surface area contributed by atoms with Gasteiger partial charge in [-0.25, -0.2) is 0 Å². The highest BCUT2D eigenvalue weighted by Gasteiger charge is 1.96. The van der Waals surface area contributed by atoms with Gasteiger partial charge in [0.2, 0.25) is 0 Å². The molecule has 0 fully saturated rings. The molecule has 2 rings (SSSR count). The van der Waals surface area contributed by atoms with Crippen LogP contribution in [0, 0.1) is 0 Å². The lowest BCUT2D eigenvalue weighted by Crippen LogP contribution is -1.98. The maximum atomic E-state index is 5.50. The van der Waals surface area contributed by atoms with Gasteiger partial charge in [-0.05, 0) is 24.3 Å². The lowest BCUT2D eigenvalue weighted by atomic mass is 10.2. The molecule has 82 valence electrons. The molecule has 0 aliphatic carbocycles. The zero-order chi connectivity index (χ0) is 9.26. The fraction of sp³-hybridized carbons (Fsp3) is 0.100. The fourth-order valence-corrected chi connectivity index (χ4v) is 1.63. The molecule has 2 aromatic rings. The van der Waals surface area contributed by atoms with E-state index in [1.807, 2.05) is 30.3 Å². The number of fused-ring (bicyclic) bond motifs is 1. The van der Waals surface area contributed by atoms with E-state index in [0.29, 0.717) is 6.54 Å². The van der Waals surface area contributed by atoms with Crippen molar-refractivity contribution in [2.75, 3.05) is 0 Å². The van der Waals surface area contributed by atoms with Crippen LogP contribution in [0.25, 0.3) is 10.9 Å². The van der Waals surface area contributed by atoms with Gasteiger partial charge >= 0.3 is 0 Å². The molecule has 0 aliphatic heterocycles. The van der Waals surface area contributed by atoms with E-state index in [-0.39, 0.29) is 24.8 Å². The molecular formula is C10H11BrCl2N2. The molecule has 0 unspecified atom stereocenters. The summed E-state index contributed by atoms with van der Waals surface area (Å²) in [5.41, 5.74) is 7.42. The number of aromatic nitrogens is 1. The molecule has 0 bridgehead atoms. The summed E-state index contributed by atoms with van der Waals surface area (Å²) in [6.45, 7) is 0.492. The second-order valence-corrected chi connectivity index (χ2v) is 3.76. The van der Waals surface area contributed by atoms with Crippen LogP contribution in [0.2, 0.25) is 0 Å². The number of nitrogens with two attached hydrogens (primary N) is 1. The minimum atomic E-state index is 0. The first-order chi connectivity index (χ1) is 6.29. The van der Waals surface area contributed by atoms with Crippen molar-refractivity contribution in [2.45, 2.75) is 6.54 Å². The van der Waals surface area contributed by atoms with Gasteiger partial charge in [-0.15, -0.1) is 24.8 Å². The van der Waals surface area contributed by atoms with Crippen molar-refractivity contribution in [1.29, 1.82) is 0 Å². The Bertz CT molecular complexity index is 448. The zero-order valence-electron chi connectivity index (χ0n) is 7.81. The Hall–Kier alpha value is -0.350. The maximum absolute atomic E-state index is 5.50. The zero-order valence-corrected chi connectivity index (χ0v) is 11.0. The Balaban J connectivity index is 0.000000980. The predicted octanol–water partition coefficient (Wildman–Crippen LogP) is 3.30. The average Bonchev–Trinajstić information content (AvgIpc) is 2.17. The van der Waals surface area contributed by atoms with Crippen LogP contribution in [0.15, 0.2) is 34.8 Å². The van der Waals surface area contributed by atoms with Crippen LogP contribution in [0.5, 0.6) is 0 Å². The number of rotatable bonds is 1. The smallest absolute Gasteiger partial charge is 0.0706 e. The van der Waals surface area contributed by atoms with E-state index >= 15 is 0 Å². The summed E-state index contributed by atoms with van der Waals surface area (Å²) in [6.07, 6.45) is 0. The second kappa shape index (κ2) is 6.28. The first-order valence-electron chi connectivity index (χ1n) is 4.05. The SMILES string of the molecule is Cl.Cl.NCc1ccc2cc(Br)ccc2n1. The van der Waals surface area contributed by atoms with E-state index in [1.165, 1.54) is 0 Å². The van der Waals surface area contributed by atoms with Gasteiger partial charge in [0.25, 0.3) is 0 Å². The van der Waals surface area contributed by atoms with E-state index in [1.54, 1.807) is 0 Å². The van der Waals surface area contributed by atoms with Crippen molar-refractivity contribution >= 4 is 51.6 Å². The molecular weight excluding hydrogens is 299 g/mol. The third-order valence-corrected chi connectivity index (χ3v) is 2.41. The van der Waals surface area contributed by atoms with Crippen LogP contribution in [0.1, 0.15) is 5.69 Å². The van der Waals surface area contributed by atoms with Crippen LogP contribution in [-0.4, -0.2) is 4.98 Å². The maximum Gasteiger partial charge on any atom is 0.0706 e. The summed E-state index contributed by atoms with van der Waals surface area (Å²) in [5, 5.41) is 1.13. The molecule has 15 heavy (non-hydrogen) atoms. The number of benzene rings is 1. The molecule has 0 spiro atoms. The van der Waals surface area contributed by atoms with Crippen LogP contribution < -0.4 is 5.73 Å². The topological polar surface area (TPSA) is 38.9 Å². The monoisotopic (exact) mass is 308 g/mol. The van der Waals surface area contributed by atoms with Gasteiger partial charge in [0, 0.05) is 16.4 Å². The Morgan fingerprint density at radius 3 is 2.53 bits per heavy atom. The van der Waals surface area contributed by atoms with Gasteiger partial charge in [0.1, 0.15) is 0 Å². The lowest BCUT2D eigenvalue weighted by molar-refractivity contribution is 1.01. The summed E-state index contributed by atoms with van der Waals surface area (Å²) in [5.74, 6) is 0.